The highest BCUT2D eigenvalue weighted by atomic mass is 16.2. The molecule has 3 rings (SSSR count). The predicted molar refractivity (Wildman–Crippen MR) is 87.8 cm³/mol. The average molecular weight is 328 g/mol. The van der Waals surface area contributed by atoms with Gasteiger partial charge in [0, 0.05) is 20.3 Å². The fourth-order valence-electron chi connectivity index (χ4n) is 2.47. The molecule has 3 aromatic heterocycles. The molecule has 1 N–H and O–H groups in total. The number of rotatable bonds is 3. The second kappa shape index (κ2) is 5.76. The number of nitrogens with zero attached hydrogens (tertiary/aromatic N) is 5. The van der Waals surface area contributed by atoms with Gasteiger partial charge in [-0.15, -0.1) is 0 Å². The van der Waals surface area contributed by atoms with Crippen molar-refractivity contribution < 1.29 is 4.79 Å². The minimum absolute atomic E-state index is 0.263. The van der Waals surface area contributed by atoms with E-state index >= 15 is 0 Å². The average Bonchev–Trinajstić information content (AvgIpc) is 2.91. The first-order valence-electron chi connectivity index (χ1n) is 7.22. The van der Waals surface area contributed by atoms with Gasteiger partial charge in [-0.25, -0.2) is 19.3 Å². The smallest absolute Gasteiger partial charge is 0.328 e. The Labute approximate surface area is 136 Å². The largest absolute Gasteiger partial charge is 0.332 e. The lowest BCUT2D eigenvalue weighted by molar-refractivity contribution is -0.116. The number of hydrogen-bond acceptors (Lipinski definition) is 5. The van der Waals surface area contributed by atoms with Gasteiger partial charge in [-0.3, -0.25) is 14.2 Å². The lowest BCUT2D eigenvalue weighted by atomic mass is 10.3. The van der Waals surface area contributed by atoms with Gasteiger partial charge in [0.2, 0.25) is 5.91 Å². The Morgan fingerprint density at radius 2 is 2.00 bits per heavy atom. The molecule has 0 spiro atoms. The van der Waals surface area contributed by atoms with Gasteiger partial charge in [-0.2, -0.15) is 0 Å². The van der Waals surface area contributed by atoms with E-state index in [-0.39, 0.29) is 11.2 Å². The third-order valence-corrected chi connectivity index (χ3v) is 3.69. The van der Waals surface area contributed by atoms with E-state index in [1.54, 1.807) is 25.4 Å². The lowest BCUT2D eigenvalue weighted by Crippen LogP contribution is -2.42. The highest BCUT2D eigenvalue weighted by Gasteiger charge is 2.17. The molecule has 9 heteroatoms. The summed E-state index contributed by atoms with van der Waals surface area (Å²) in [5.74, 6) is -0.139. The minimum atomic E-state index is -0.599. The van der Waals surface area contributed by atoms with Crippen LogP contribution in [0.3, 0.4) is 0 Å². The molecule has 0 saturated heterocycles. The van der Waals surface area contributed by atoms with Crippen LogP contribution in [0.15, 0.2) is 34.2 Å². The van der Waals surface area contributed by atoms with Crippen LogP contribution in [0.5, 0.6) is 0 Å². The summed E-state index contributed by atoms with van der Waals surface area (Å²) < 4.78 is 3.65. The van der Waals surface area contributed by atoms with Gasteiger partial charge in [0.15, 0.2) is 11.2 Å². The molecular weight excluding hydrogens is 312 g/mol. The number of carbonyl (C=O) groups is 1. The summed E-state index contributed by atoms with van der Waals surface area (Å²) in [5.41, 5.74) is 0.326. The van der Waals surface area contributed by atoms with Crippen molar-refractivity contribution in [3.8, 4) is 0 Å². The van der Waals surface area contributed by atoms with Crippen molar-refractivity contribution in [3.63, 3.8) is 0 Å². The second-order valence-electron chi connectivity index (χ2n) is 5.53. The van der Waals surface area contributed by atoms with Crippen molar-refractivity contribution >= 4 is 22.9 Å². The Morgan fingerprint density at radius 1 is 1.25 bits per heavy atom. The molecule has 1 amide bonds. The highest BCUT2D eigenvalue weighted by molar-refractivity contribution is 5.89. The van der Waals surface area contributed by atoms with Crippen LogP contribution < -0.4 is 16.6 Å². The van der Waals surface area contributed by atoms with E-state index < -0.39 is 23.7 Å². The summed E-state index contributed by atoms with van der Waals surface area (Å²) in [5, 5.41) is 2.58. The standard InChI is InChI=1S/C15H16N6O3/c1-9-4-5-16-10(6-9)18-11(22)7-21-14(23)12-13(17-8-19(12)2)20(3)15(21)24/h4-6,8H,7H2,1-3H3,(H,16,18,22). The van der Waals surface area contributed by atoms with Gasteiger partial charge in [0.05, 0.1) is 6.33 Å². The molecule has 0 aromatic carbocycles. The van der Waals surface area contributed by atoms with Gasteiger partial charge >= 0.3 is 5.69 Å². The summed E-state index contributed by atoms with van der Waals surface area (Å²) >= 11 is 0. The molecule has 24 heavy (non-hydrogen) atoms. The molecule has 9 nitrogen and oxygen atoms in total. The Bertz CT molecular complexity index is 1060. The van der Waals surface area contributed by atoms with Gasteiger partial charge in [0.25, 0.3) is 5.56 Å². The van der Waals surface area contributed by atoms with Crippen molar-refractivity contribution in [1.82, 2.24) is 23.7 Å². The Morgan fingerprint density at radius 3 is 2.71 bits per heavy atom. The fourth-order valence-corrected chi connectivity index (χ4v) is 2.47. The van der Waals surface area contributed by atoms with E-state index in [2.05, 4.69) is 15.3 Å². The van der Waals surface area contributed by atoms with E-state index in [1.165, 1.54) is 22.5 Å². The topological polar surface area (TPSA) is 104 Å². The van der Waals surface area contributed by atoms with Crippen LogP contribution in [-0.4, -0.2) is 29.6 Å². The lowest BCUT2D eigenvalue weighted by Gasteiger charge is -2.09. The summed E-state index contributed by atoms with van der Waals surface area (Å²) in [7, 11) is 3.16. The number of amides is 1. The molecule has 0 aliphatic heterocycles. The zero-order valence-corrected chi connectivity index (χ0v) is 13.5. The summed E-state index contributed by atoms with van der Waals surface area (Å²) in [6.45, 7) is 1.47. The van der Waals surface area contributed by atoms with Gasteiger partial charge in [-0.05, 0) is 24.6 Å². The maximum absolute atomic E-state index is 12.5. The molecule has 0 saturated carbocycles. The number of imidazole rings is 1. The van der Waals surface area contributed by atoms with Crippen molar-refractivity contribution in [2.45, 2.75) is 13.5 Å². The summed E-state index contributed by atoms with van der Waals surface area (Å²) in [6, 6.07) is 3.50. The van der Waals surface area contributed by atoms with Crippen molar-refractivity contribution in [2.75, 3.05) is 5.32 Å². The zero-order valence-electron chi connectivity index (χ0n) is 13.5. The SMILES string of the molecule is Cc1ccnc(NC(=O)Cn2c(=O)c3c(ncn3C)n(C)c2=O)c1. The number of aromatic nitrogens is 5. The number of nitrogens with one attached hydrogen (secondary N) is 1. The van der Waals surface area contributed by atoms with Crippen LogP contribution in [0.1, 0.15) is 5.56 Å². The van der Waals surface area contributed by atoms with Gasteiger partial charge in [-0.1, -0.05) is 0 Å². The fraction of sp³-hybridized carbons (Fsp3) is 0.267. The first-order chi connectivity index (χ1) is 11.4. The molecule has 3 aromatic rings. The quantitative estimate of drug-likeness (QED) is 0.715. The van der Waals surface area contributed by atoms with E-state index in [0.717, 1.165) is 10.1 Å². The van der Waals surface area contributed by atoms with Crippen LogP contribution in [-0.2, 0) is 25.4 Å². The van der Waals surface area contributed by atoms with E-state index in [1.807, 2.05) is 6.92 Å². The third kappa shape index (κ3) is 2.60. The zero-order chi connectivity index (χ0) is 17.4. The predicted octanol–water partition coefficient (Wildman–Crippen LogP) is -0.224. The normalized spacial score (nSPS) is 11.0. The molecule has 0 aliphatic carbocycles. The number of pyridine rings is 1. The molecule has 0 bridgehead atoms. The minimum Gasteiger partial charge on any atom is -0.328 e. The van der Waals surface area contributed by atoms with Gasteiger partial charge in [0.1, 0.15) is 12.4 Å². The molecule has 0 atom stereocenters. The van der Waals surface area contributed by atoms with Gasteiger partial charge < -0.3 is 9.88 Å². The van der Waals surface area contributed by atoms with Crippen molar-refractivity contribution in [2.24, 2.45) is 14.1 Å². The highest BCUT2D eigenvalue weighted by Crippen LogP contribution is 2.06. The van der Waals surface area contributed by atoms with Crippen molar-refractivity contribution in [3.05, 3.63) is 51.1 Å². The van der Waals surface area contributed by atoms with Crippen molar-refractivity contribution in [1.29, 1.82) is 0 Å². The van der Waals surface area contributed by atoms with Crippen LogP contribution >= 0.6 is 0 Å². The molecule has 0 fully saturated rings. The van der Waals surface area contributed by atoms with E-state index in [4.69, 9.17) is 0 Å². The number of aryl methyl sites for hydroxylation is 3. The van der Waals surface area contributed by atoms with Crippen LogP contribution in [0, 0.1) is 6.92 Å². The second-order valence-corrected chi connectivity index (χ2v) is 5.53. The van der Waals surface area contributed by atoms with Crippen LogP contribution in [0.25, 0.3) is 11.2 Å². The summed E-state index contributed by atoms with van der Waals surface area (Å²) in [4.78, 5) is 45.1. The van der Waals surface area contributed by atoms with Crippen LogP contribution in [0.4, 0.5) is 5.82 Å². The maximum Gasteiger partial charge on any atom is 0.332 e. The first kappa shape index (κ1) is 15.7. The Balaban J connectivity index is 1.98. The monoisotopic (exact) mass is 328 g/mol. The number of hydrogen-bond donors (Lipinski definition) is 1. The number of anilines is 1. The van der Waals surface area contributed by atoms with Crippen LogP contribution in [0.2, 0.25) is 0 Å². The Hall–Kier alpha value is -3.23. The Kier molecular flexibility index (Phi) is 3.76. The van der Waals surface area contributed by atoms with E-state index in [9.17, 15) is 14.4 Å². The maximum atomic E-state index is 12.5. The first-order valence-corrected chi connectivity index (χ1v) is 7.22. The molecule has 3 heterocycles. The molecular formula is C15H16N6O3. The molecule has 124 valence electrons. The summed E-state index contributed by atoms with van der Waals surface area (Å²) in [6.07, 6.45) is 3.02. The third-order valence-electron chi connectivity index (χ3n) is 3.69. The molecule has 0 radical (unpaired) electrons. The van der Waals surface area contributed by atoms with E-state index in [0.29, 0.717) is 5.82 Å². The number of carbonyl (C=O) groups excluding carboxylic acids is 1. The molecule has 0 unspecified atom stereocenters. The number of fused-ring (bicyclic) bond motifs is 1. The molecule has 0 aliphatic rings.